The molecule has 162 valence electrons. The van der Waals surface area contributed by atoms with Gasteiger partial charge in [0.15, 0.2) is 11.5 Å². The zero-order chi connectivity index (χ0) is 21.9. The van der Waals surface area contributed by atoms with Crippen LogP contribution in [0, 0.1) is 6.92 Å². The van der Waals surface area contributed by atoms with Crippen LogP contribution in [0.15, 0.2) is 65.8 Å². The molecule has 0 amide bonds. The summed E-state index contributed by atoms with van der Waals surface area (Å²) in [5.41, 5.74) is 7.79. The number of nitrogens with one attached hydrogen (secondary N) is 1. The first kappa shape index (κ1) is 20.5. The van der Waals surface area contributed by atoms with Crippen molar-refractivity contribution in [3.8, 4) is 11.3 Å². The van der Waals surface area contributed by atoms with Crippen molar-refractivity contribution in [2.75, 3.05) is 36.6 Å². The molecule has 7 nitrogen and oxygen atoms in total. The molecule has 8 heteroatoms. The quantitative estimate of drug-likeness (QED) is 0.357. The van der Waals surface area contributed by atoms with E-state index in [0.29, 0.717) is 24.1 Å². The van der Waals surface area contributed by atoms with Gasteiger partial charge >= 0.3 is 0 Å². The Bertz CT molecular complexity index is 1280. The monoisotopic (exact) mass is 446 g/mol. The maximum absolute atomic E-state index is 6.19. The molecule has 0 radical (unpaired) electrons. The van der Waals surface area contributed by atoms with Crippen LogP contribution in [0.25, 0.3) is 16.9 Å². The van der Waals surface area contributed by atoms with Gasteiger partial charge < -0.3 is 9.64 Å². The van der Waals surface area contributed by atoms with Gasteiger partial charge in [-0.1, -0.05) is 53.6 Å². The summed E-state index contributed by atoms with van der Waals surface area (Å²) in [6.07, 6.45) is 1.79. The maximum atomic E-state index is 6.19. The van der Waals surface area contributed by atoms with Crippen molar-refractivity contribution in [2.45, 2.75) is 6.92 Å². The average molecular weight is 447 g/mol. The molecule has 3 heterocycles. The Morgan fingerprint density at radius 1 is 1.06 bits per heavy atom. The SMILES string of the molecule is Cc1cccc(/C=N/Nc2cc(N3CCOCC3)n3nc(-c4cccc(Cl)c4)cc3n2)c1. The highest BCUT2D eigenvalue weighted by Gasteiger charge is 2.18. The summed E-state index contributed by atoms with van der Waals surface area (Å²) >= 11 is 6.19. The van der Waals surface area contributed by atoms with Gasteiger partial charge in [0.2, 0.25) is 0 Å². The first-order valence-corrected chi connectivity index (χ1v) is 10.9. The summed E-state index contributed by atoms with van der Waals surface area (Å²) in [5, 5.41) is 9.89. The second-order valence-corrected chi connectivity index (χ2v) is 8.13. The van der Waals surface area contributed by atoms with E-state index in [9.17, 15) is 0 Å². The average Bonchev–Trinajstić information content (AvgIpc) is 3.24. The van der Waals surface area contributed by atoms with Crippen LogP contribution >= 0.6 is 11.6 Å². The lowest BCUT2D eigenvalue weighted by Crippen LogP contribution is -2.37. The molecule has 32 heavy (non-hydrogen) atoms. The van der Waals surface area contributed by atoms with E-state index in [1.807, 2.05) is 53.0 Å². The molecule has 0 spiro atoms. The first-order valence-electron chi connectivity index (χ1n) is 10.5. The fraction of sp³-hybridized carbons (Fsp3) is 0.208. The van der Waals surface area contributed by atoms with Crippen LogP contribution in [0.3, 0.4) is 0 Å². The Kier molecular flexibility index (Phi) is 5.75. The normalized spacial score (nSPS) is 14.4. The highest BCUT2D eigenvalue weighted by molar-refractivity contribution is 6.30. The third-order valence-corrected chi connectivity index (χ3v) is 5.53. The van der Waals surface area contributed by atoms with Gasteiger partial charge in [0.1, 0.15) is 5.82 Å². The Labute approximate surface area is 191 Å². The lowest BCUT2D eigenvalue weighted by molar-refractivity contribution is 0.122. The lowest BCUT2D eigenvalue weighted by atomic mass is 10.1. The number of benzene rings is 2. The Balaban J connectivity index is 1.51. The molecule has 0 aliphatic carbocycles. The number of hydrogen-bond acceptors (Lipinski definition) is 6. The molecule has 1 fully saturated rings. The minimum Gasteiger partial charge on any atom is -0.378 e. The van der Waals surface area contributed by atoms with Crippen LogP contribution in [0.2, 0.25) is 5.02 Å². The fourth-order valence-corrected chi connectivity index (χ4v) is 3.94. The number of halogens is 1. The van der Waals surface area contributed by atoms with Crippen molar-refractivity contribution >= 4 is 35.1 Å². The second kappa shape index (κ2) is 8.98. The van der Waals surface area contributed by atoms with Gasteiger partial charge in [-0.05, 0) is 24.6 Å². The standard InChI is InChI=1S/C24H23ClN6O/c1-17-4-2-5-18(12-17)16-26-28-22-15-24(30-8-10-32-11-9-30)31-23(27-22)14-21(29-31)19-6-3-7-20(25)13-19/h2-7,12-16H,8-11H2,1H3,(H,27,28)/b26-16+. The Morgan fingerprint density at radius 3 is 2.72 bits per heavy atom. The van der Waals surface area contributed by atoms with E-state index in [2.05, 4.69) is 34.5 Å². The Morgan fingerprint density at radius 2 is 1.91 bits per heavy atom. The van der Waals surface area contributed by atoms with Crippen LogP contribution in [-0.2, 0) is 4.74 Å². The Hall–Kier alpha value is -3.42. The molecule has 4 aromatic rings. The number of hydrazone groups is 1. The summed E-state index contributed by atoms with van der Waals surface area (Å²) in [4.78, 5) is 6.99. The van der Waals surface area contributed by atoms with Gasteiger partial charge in [0, 0.05) is 35.8 Å². The van der Waals surface area contributed by atoms with Gasteiger partial charge in [0.25, 0.3) is 0 Å². The zero-order valence-corrected chi connectivity index (χ0v) is 18.5. The van der Waals surface area contributed by atoms with Gasteiger partial charge in [-0.3, -0.25) is 5.43 Å². The lowest BCUT2D eigenvalue weighted by Gasteiger charge is -2.29. The van der Waals surface area contributed by atoms with E-state index in [-0.39, 0.29) is 0 Å². The minimum atomic E-state index is 0.653. The molecular weight excluding hydrogens is 424 g/mol. The summed E-state index contributed by atoms with van der Waals surface area (Å²) < 4.78 is 7.41. The summed E-state index contributed by atoms with van der Waals surface area (Å²) in [6.45, 7) is 5.00. The van der Waals surface area contributed by atoms with Crippen molar-refractivity contribution in [3.05, 3.63) is 76.8 Å². The number of aryl methyl sites for hydroxylation is 1. The van der Waals surface area contributed by atoms with E-state index in [0.717, 1.165) is 41.4 Å². The maximum Gasteiger partial charge on any atom is 0.160 e. The molecule has 1 aliphatic heterocycles. The van der Waals surface area contributed by atoms with Gasteiger partial charge in [-0.25, -0.2) is 4.98 Å². The van der Waals surface area contributed by atoms with Gasteiger partial charge in [-0.2, -0.15) is 14.7 Å². The molecule has 0 atom stereocenters. The van der Waals surface area contributed by atoms with Gasteiger partial charge in [0.05, 0.1) is 25.1 Å². The van der Waals surface area contributed by atoms with E-state index in [1.165, 1.54) is 5.56 Å². The van der Waals surface area contributed by atoms with Crippen LogP contribution in [0.1, 0.15) is 11.1 Å². The van der Waals surface area contributed by atoms with Crippen LogP contribution in [-0.4, -0.2) is 47.1 Å². The van der Waals surface area contributed by atoms with Crippen molar-refractivity contribution in [2.24, 2.45) is 5.10 Å². The summed E-state index contributed by atoms with van der Waals surface area (Å²) in [5.74, 6) is 1.60. The second-order valence-electron chi connectivity index (χ2n) is 7.69. The number of anilines is 2. The molecule has 5 rings (SSSR count). The van der Waals surface area contributed by atoms with E-state index < -0.39 is 0 Å². The highest BCUT2D eigenvalue weighted by Crippen LogP contribution is 2.27. The number of ether oxygens (including phenoxy) is 1. The van der Waals surface area contributed by atoms with E-state index >= 15 is 0 Å². The van der Waals surface area contributed by atoms with Crippen molar-refractivity contribution in [1.29, 1.82) is 0 Å². The predicted molar refractivity (Wildman–Crippen MR) is 129 cm³/mol. The van der Waals surface area contributed by atoms with Crippen molar-refractivity contribution in [1.82, 2.24) is 14.6 Å². The van der Waals surface area contributed by atoms with E-state index in [4.69, 9.17) is 26.4 Å². The third-order valence-electron chi connectivity index (χ3n) is 5.30. The first-order chi connectivity index (χ1) is 15.7. The number of rotatable bonds is 5. The van der Waals surface area contributed by atoms with Crippen molar-refractivity contribution < 1.29 is 4.74 Å². The zero-order valence-electron chi connectivity index (χ0n) is 17.7. The molecule has 1 aliphatic rings. The molecule has 0 unspecified atom stereocenters. The summed E-state index contributed by atoms with van der Waals surface area (Å²) in [7, 11) is 0. The molecule has 1 saturated heterocycles. The third kappa shape index (κ3) is 4.44. The molecule has 0 saturated carbocycles. The number of hydrogen-bond donors (Lipinski definition) is 1. The number of aromatic nitrogens is 3. The van der Waals surface area contributed by atoms with Crippen LogP contribution in [0.5, 0.6) is 0 Å². The molecule has 1 N–H and O–H groups in total. The predicted octanol–water partition coefficient (Wildman–Crippen LogP) is 4.64. The topological polar surface area (TPSA) is 67.0 Å². The summed E-state index contributed by atoms with van der Waals surface area (Å²) in [6, 6.07) is 19.8. The number of fused-ring (bicyclic) bond motifs is 1. The van der Waals surface area contributed by atoms with Crippen molar-refractivity contribution in [3.63, 3.8) is 0 Å². The minimum absolute atomic E-state index is 0.653. The molecular formula is C24H23ClN6O. The largest absolute Gasteiger partial charge is 0.378 e. The fourth-order valence-electron chi connectivity index (χ4n) is 3.75. The van der Waals surface area contributed by atoms with E-state index in [1.54, 1.807) is 6.21 Å². The number of morpholine rings is 1. The van der Waals surface area contributed by atoms with Crippen LogP contribution in [0.4, 0.5) is 11.6 Å². The molecule has 2 aromatic heterocycles. The number of nitrogens with zero attached hydrogens (tertiary/aromatic N) is 5. The van der Waals surface area contributed by atoms with Gasteiger partial charge in [-0.15, -0.1) is 0 Å². The highest BCUT2D eigenvalue weighted by atomic mass is 35.5. The van der Waals surface area contributed by atoms with Crippen LogP contribution < -0.4 is 10.3 Å². The molecule has 2 aromatic carbocycles. The molecule has 0 bridgehead atoms. The smallest absolute Gasteiger partial charge is 0.160 e.